The third-order valence-corrected chi connectivity index (χ3v) is 2.06. The van der Waals surface area contributed by atoms with Gasteiger partial charge in [-0.3, -0.25) is 19.7 Å². The Balaban J connectivity index is 3.12. The van der Waals surface area contributed by atoms with Crippen molar-refractivity contribution in [3.05, 3.63) is 38.3 Å². The molecule has 0 spiro atoms. The monoisotopic (exact) mass is 225 g/mol. The van der Waals surface area contributed by atoms with Crippen molar-refractivity contribution in [2.75, 3.05) is 0 Å². The lowest BCUT2D eigenvalue weighted by atomic mass is 10.2. The summed E-state index contributed by atoms with van der Waals surface area (Å²) in [5, 5.41) is 10.6. The van der Waals surface area contributed by atoms with Gasteiger partial charge in [-0.05, 0) is 6.92 Å². The van der Waals surface area contributed by atoms with Gasteiger partial charge in [-0.25, -0.2) is 0 Å². The molecule has 0 aliphatic heterocycles. The molecule has 2 N–H and O–H groups in total. The van der Waals surface area contributed by atoms with E-state index in [4.69, 9.17) is 5.73 Å². The Morgan fingerprint density at radius 2 is 2.25 bits per heavy atom. The molecule has 0 bridgehead atoms. The lowest BCUT2D eigenvalue weighted by molar-refractivity contribution is -0.385. The number of aryl methyl sites for hydroxylation is 2. The van der Waals surface area contributed by atoms with Crippen LogP contribution in [0.1, 0.15) is 12.0 Å². The van der Waals surface area contributed by atoms with E-state index >= 15 is 0 Å². The van der Waals surface area contributed by atoms with Crippen LogP contribution in [0.2, 0.25) is 0 Å². The van der Waals surface area contributed by atoms with Crippen molar-refractivity contribution in [2.45, 2.75) is 19.9 Å². The number of amides is 1. The number of carbonyl (C=O) groups is 1. The molecule has 0 fully saturated rings. The van der Waals surface area contributed by atoms with Crippen LogP contribution >= 0.6 is 0 Å². The van der Waals surface area contributed by atoms with Gasteiger partial charge in [-0.15, -0.1) is 0 Å². The molecule has 0 saturated carbocycles. The highest BCUT2D eigenvalue weighted by atomic mass is 16.6. The molecule has 1 aromatic rings. The van der Waals surface area contributed by atoms with Crippen LogP contribution < -0.4 is 11.3 Å². The van der Waals surface area contributed by atoms with E-state index in [1.807, 2.05) is 0 Å². The number of primary amides is 1. The molecule has 0 aliphatic rings. The van der Waals surface area contributed by atoms with Crippen molar-refractivity contribution in [1.29, 1.82) is 0 Å². The maximum atomic E-state index is 11.5. The van der Waals surface area contributed by atoms with Crippen molar-refractivity contribution in [3.8, 4) is 0 Å². The molecule has 86 valence electrons. The number of hydrogen-bond donors (Lipinski definition) is 1. The van der Waals surface area contributed by atoms with E-state index in [0.29, 0.717) is 0 Å². The van der Waals surface area contributed by atoms with Crippen molar-refractivity contribution >= 4 is 11.6 Å². The topological polar surface area (TPSA) is 108 Å². The fourth-order valence-corrected chi connectivity index (χ4v) is 1.26. The van der Waals surface area contributed by atoms with Crippen LogP contribution in [-0.2, 0) is 11.3 Å². The quantitative estimate of drug-likeness (QED) is 0.571. The number of nitrogens with two attached hydrogens (primary N) is 1. The first-order chi connectivity index (χ1) is 7.41. The molecular weight excluding hydrogens is 214 g/mol. The summed E-state index contributed by atoms with van der Waals surface area (Å²) in [4.78, 5) is 32.1. The molecule has 0 unspecified atom stereocenters. The van der Waals surface area contributed by atoms with Crippen molar-refractivity contribution in [3.63, 3.8) is 0 Å². The zero-order chi connectivity index (χ0) is 12.3. The second-order valence-corrected chi connectivity index (χ2v) is 3.35. The fraction of sp³-hybridized carbons (Fsp3) is 0.333. The van der Waals surface area contributed by atoms with Crippen LogP contribution in [0.15, 0.2) is 17.1 Å². The third kappa shape index (κ3) is 2.66. The molecule has 1 aromatic heterocycles. The Morgan fingerprint density at radius 1 is 1.62 bits per heavy atom. The minimum atomic E-state index is -0.590. The molecule has 1 heterocycles. The number of nitrogens with zero attached hydrogens (tertiary/aromatic N) is 2. The highest BCUT2D eigenvalue weighted by Gasteiger charge is 2.11. The summed E-state index contributed by atoms with van der Waals surface area (Å²) in [6.45, 7) is 1.53. The highest BCUT2D eigenvalue weighted by Crippen LogP contribution is 2.09. The number of nitro groups is 1. The minimum Gasteiger partial charge on any atom is -0.370 e. The van der Waals surface area contributed by atoms with Gasteiger partial charge in [0.15, 0.2) is 0 Å². The van der Waals surface area contributed by atoms with Gasteiger partial charge in [0, 0.05) is 24.6 Å². The summed E-state index contributed by atoms with van der Waals surface area (Å²) in [6.07, 6.45) is 1.08. The molecule has 1 rings (SSSR count). The average Bonchev–Trinajstić information content (AvgIpc) is 2.19. The molecule has 16 heavy (non-hydrogen) atoms. The van der Waals surface area contributed by atoms with E-state index in [0.717, 1.165) is 10.8 Å². The third-order valence-electron chi connectivity index (χ3n) is 2.06. The molecule has 0 atom stereocenters. The molecule has 0 saturated heterocycles. The molecular formula is C9H11N3O4. The lowest BCUT2D eigenvalue weighted by Crippen LogP contribution is -2.24. The Kier molecular flexibility index (Phi) is 3.39. The zero-order valence-electron chi connectivity index (χ0n) is 8.67. The second kappa shape index (κ2) is 4.56. The van der Waals surface area contributed by atoms with Crippen LogP contribution in [0.4, 0.5) is 5.69 Å². The van der Waals surface area contributed by atoms with Gasteiger partial charge in [0.2, 0.25) is 5.91 Å². The van der Waals surface area contributed by atoms with Gasteiger partial charge >= 0.3 is 0 Å². The summed E-state index contributed by atoms with van der Waals surface area (Å²) in [5.74, 6) is -0.559. The smallest absolute Gasteiger partial charge is 0.286 e. The Labute approximate surface area is 90.6 Å². The van der Waals surface area contributed by atoms with Crippen LogP contribution in [0.3, 0.4) is 0 Å². The predicted molar refractivity (Wildman–Crippen MR) is 55.9 cm³/mol. The van der Waals surface area contributed by atoms with Gasteiger partial charge in [0.1, 0.15) is 0 Å². The van der Waals surface area contributed by atoms with E-state index < -0.39 is 10.8 Å². The summed E-state index contributed by atoms with van der Waals surface area (Å²) in [6, 6.07) is 1.20. The fourth-order valence-electron chi connectivity index (χ4n) is 1.26. The summed E-state index contributed by atoms with van der Waals surface area (Å²) >= 11 is 0. The Morgan fingerprint density at radius 3 is 2.75 bits per heavy atom. The molecule has 7 heteroatoms. The first kappa shape index (κ1) is 11.9. The van der Waals surface area contributed by atoms with Gasteiger partial charge in [0.25, 0.3) is 11.2 Å². The van der Waals surface area contributed by atoms with Crippen molar-refractivity contribution in [2.24, 2.45) is 5.73 Å². The van der Waals surface area contributed by atoms with Crippen molar-refractivity contribution in [1.82, 2.24) is 4.57 Å². The summed E-state index contributed by atoms with van der Waals surface area (Å²) in [5.41, 5.74) is 4.67. The van der Waals surface area contributed by atoms with Gasteiger partial charge < -0.3 is 10.3 Å². The largest absolute Gasteiger partial charge is 0.370 e. The van der Waals surface area contributed by atoms with E-state index in [1.54, 1.807) is 0 Å². The van der Waals surface area contributed by atoms with Crippen LogP contribution in [0, 0.1) is 17.0 Å². The van der Waals surface area contributed by atoms with Crippen LogP contribution in [0.5, 0.6) is 0 Å². The predicted octanol–water partition coefficient (Wildman–Crippen LogP) is -0.0597. The normalized spacial score (nSPS) is 10.1. The standard InChI is InChI=1S/C9H11N3O4/c1-6-4-7(12(15)16)5-11(9(6)14)3-2-8(10)13/h4-5H,2-3H2,1H3,(H2,10,13). The second-order valence-electron chi connectivity index (χ2n) is 3.35. The Hall–Kier alpha value is -2.18. The van der Waals surface area contributed by atoms with Gasteiger partial charge in [-0.2, -0.15) is 0 Å². The Bertz CT molecular complexity index is 492. The SMILES string of the molecule is Cc1cc([N+](=O)[O-])cn(CCC(N)=O)c1=O. The molecule has 7 nitrogen and oxygen atoms in total. The maximum Gasteiger partial charge on any atom is 0.286 e. The molecule has 0 radical (unpaired) electrons. The van der Waals surface area contributed by atoms with E-state index in [1.165, 1.54) is 13.0 Å². The first-order valence-corrected chi connectivity index (χ1v) is 4.55. The average molecular weight is 225 g/mol. The maximum absolute atomic E-state index is 11.5. The zero-order valence-corrected chi connectivity index (χ0v) is 8.67. The van der Waals surface area contributed by atoms with Gasteiger partial charge in [0.05, 0.1) is 11.1 Å². The van der Waals surface area contributed by atoms with E-state index in [9.17, 15) is 19.7 Å². The number of carbonyl (C=O) groups excluding carboxylic acids is 1. The minimum absolute atomic E-state index is 0.0273. The molecule has 0 aliphatic carbocycles. The van der Waals surface area contributed by atoms with Gasteiger partial charge in [-0.1, -0.05) is 0 Å². The lowest BCUT2D eigenvalue weighted by Gasteiger charge is -2.04. The van der Waals surface area contributed by atoms with E-state index in [-0.39, 0.29) is 29.8 Å². The highest BCUT2D eigenvalue weighted by molar-refractivity contribution is 5.73. The van der Waals surface area contributed by atoms with Crippen LogP contribution in [-0.4, -0.2) is 15.4 Å². The number of hydrogen-bond acceptors (Lipinski definition) is 4. The van der Waals surface area contributed by atoms with Crippen LogP contribution in [0.25, 0.3) is 0 Å². The van der Waals surface area contributed by atoms with E-state index in [2.05, 4.69) is 0 Å². The number of rotatable bonds is 4. The molecule has 1 amide bonds. The summed E-state index contributed by atoms with van der Waals surface area (Å²) < 4.78 is 1.12. The summed E-state index contributed by atoms with van der Waals surface area (Å²) in [7, 11) is 0. The number of aromatic nitrogens is 1. The van der Waals surface area contributed by atoms with Crippen molar-refractivity contribution < 1.29 is 9.72 Å². The number of pyridine rings is 1. The molecule has 0 aromatic carbocycles. The first-order valence-electron chi connectivity index (χ1n) is 4.55.